The van der Waals surface area contributed by atoms with E-state index in [4.69, 9.17) is 0 Å². The molecule has 42 valence electrons. The second-order valence-corrected chi connectivity index (χ2v) is 1.27. The summed E-state index contributed by atoms with van der Waals surface area (Å²) in [4.78, 5) is 0. The molecule has 0 unspecified atom stereocenters. The van der Waals surface area contributed by atoms with Crippen molar-refractivity contribution >= 4 is 17.7 Å². The quantitative estimate of drug-likeness (QED) is 0.387. The summed E-state index contributed by atoms with van der Waals surface area (Å²) in [5, 5.41) is 1.65. The number of nitrogens with one attached hydrogen (secondary N) is 2. The second-order valence-electron chi connectivity index (χ2n) is 1.03. The van der Waals surface area contributed by atoms with E-state index < -0.39 is 0 Å². The van der Waals surface area contributed by atoms with Gasteiger partial charge in [0, 0.05) is 14.1 Å². The molecule has 0 aliphatic carbocycles. The van der Waals surface area contributed by atoms with E-state index in [1.165, 1.54) is 5.49 Å². The Bertz CT molecular complexity index is 56.1. The number of rotatable bonds is 3. The van der Waals surface area contributed by atoms with Crippen molar-refractivity contribution in [3.05, 3.63) is 0 Å². The molecule has 0 aromatic rings. The van der Waals surface area contributed by atoms with Gasteiger partial charge in [0.25, 0.3) is 0 Å². The van der Waals surface area contributed by atoms with Crippen LogP contribution in [0.5, 0.6) is 0 Å². The molecule has 0 aliphatic rings. The fraction of sp³-hybridized carbons (Fsp3) is 0.667. The van der Waals surface area contributed by atoms with Gasteiger partial charge in [0.15, 0.2) is 0 Å². The van der Waals surface area contributed by atoms with E-state index in [2.05, 4.69) is 23.1 Å². The summed E-state index contributed by atoms with van der Waals surface area (Å²) in [5.41, 5.74) is 6.92. The van der Waals surface area contributed by atoms with Crippen molar-refractivity contribution in [1.29, 1.82) is 0 Å². The molecule has 0 amide bonds. The molecular formula is C3H9N3S. The Kier molecular flexibility index (Phi) is 3.87. The third-order valence-electron chi connectivity index (χ3n) is 0.582. The van der Waals surface area contributed by atoms with Gasteiger partial charge in [-0.1, -0.05) is 12.2 Å². The van der Waals surface area contributed by atoms with Gasteiger partial charge in [-0.25, -0.2) is 5.43 Å². The Morgan fingerprint density at radius 3 is 2.43 bits per heavy atom. The standard InChI is InChI=1S/C3H9N3S/c1-4-6(2)5-3-7/h3-4H,1-2H3,(H,5,7). The molecule has 0 rings (SSSR count). The first-order valence-electron chi connectivity index (χ1n) is 1.92. The van der Waals surface area contributed by atoms with Crippen molar-refractivity contribution in [3.63, 3.8) is 0 Å². The van der Waals surface area contributed by atoms with Crippen molar-refractivity contribution in [1.82, 2.24) is 16.0 Å². The summed E-state index contributed by atoms with van der Waals surface area (Å²) in [7, 11) is 3.62. The molecule has 0 saturated heterocycles. The third kappa shape index (κ3) is 3.65. The predicted molar refractivity (Wildman–Crippen MR) is 33.6 cm³/mol. The summed E-state index contributed by atoms with van der Waals surface area (Å²) in [6.45, 7) is 0. The van der Waals surface area contributed by atoms with Gasteiger partial charge in [-0.15, -0.1) is 0 Å². The van der Waals surface area contributed by atoms with E-state index in [-0.39, 0.29) is 0 Å². The average Bonchev–Trinajstić information content (AvgIpc) is 1.68. The smallest absolute Gasteiger partial charge is 0.0771 e. The first-order valence-corrected chi connectivity index (χ1v) is 2.39. The van der Waals surface area contributed by atoms with Crippen LogP contribution in [0.2, 0.25) is 0 Å². The minimum absolute atomic E-state index is 1.43. The van der Waals surface area contributed by atoms with E-state index >= 15 is 0 Å². The van der Waals surface area contributed by atoms with E-state index in [1.54, 1.807) is 12.2 Å². The molecule has 0 atom stereocenters. The Labute approximate surface area is 48.6 Å². The normalized spacial score (nSPS) is 9.00. The summed E-state index contributed by atoms with van der Waals surface area (Å²) < 4.78 is 0. The molecule has 0 spiro atoms. The van der Waals surface area contributed by atoms with Crippen molar-refractivity contribution in [2.45, 2.75) is 0 Å². The largest absolute Gasteiger partial charge is 0.302 e. The van der Waals surface area contributed by atoms with E-state index in [1.807, 2.05) is 7.05 Å². The zero-order chi connectivity index (χ0) is 5.70. The van der Waals surface area contributed by atoms with E-state index in [9.17, 15) is 0 Å². The van der Waals surface area contributed by atoms with Crippen LogP contribution in [-0.4, -0.2) is 24.7 Å². The highest BCUT2D eigenvalue weighted by atomic mass is 32.1. The minimum Gasteiger partial charge on any atom is -0.302 e. The van der Waals surface area contributed by atoms with Crippen LogP contribution >= 0.6 is 12.2 Å². The molecule has 0 radical (unpaired) electrons. The highest BCUT2D eigenvalue weighted by Crippen LogP contribution is 1.54. The lowest BCUT2D eigenvalue weighted by atomic mass is 11.3. The maximum absolute atomic E-state index is 4.48. The maximum Gasteiger partial charge on any atom is 0.0771 e. The lowest BCUT2D eigenvalue weighted by Gasteiger charge is -2.11. The van der Waals surface area contributed by atoms with Gasteiger partial charge >= 0.3 is 0 Å². The van der Waals surface area contributed by atoms with Crippen molar-refractivity contribution < 1.29 is 0 Å². The lowest BCUT2D eigenvalue weighted by molar-refractivity contribution is 0.225. The molecule has 7 heavy (non-hydrogen) atoms. The van der Waals surface area contributed by atoms with Crippen LogP contribution in [0.1, 0.15) is 0 Å². The molecule has 0 heterocycles. The summed E-state index contributed by atoms with van der Waals surface area (Å²) in [6.07, 6.45) is 0. The number of thiocarbonyl (C=S) groups is 1. The van der Waals surface area contributed by atoms with Gasteiger partial charge in [0.1, 0.15) is 0 Å². The molecule has 0 bridgehead atoms. The van der Waals surface area contributed by atoms with Crippen LogP contribution in [-0.2, 0) is 0 Å². The first kappa shape index (κ1) is 6.81. The van der Waals surface area contributed by atoms with Gasteiger partial charge in [-0.05, 0) is 0 Å². The number of hydrogen-bond acceptors (Lipinski definition) is 3. The van der Waals surface area contributed by atoms with Gasteiger partial charge < -0.3 is 5.43 Å². The lowest BCUT2D eigenvalue weighted by Crippen LogP contribution is -2.41. The van der Waals surface area contributed by atoms with Crippen molar-refractivity contribution in [2.24, 2.45) is 0 Å². The molecule has 0 aliphatic heterocycles. The molecule has 0 saturated carbocycles. The summed E-state index contributed by atoms with van der Waals surface area (Å²) in [5.74, 6) is 0. The minimum atomic E-state index is 1.43. The van der Waals surface area contributed by atoms with Gasteiger partial charge in [0.2, 0.25) is 0 Å². The van der Waals surface area contributed by atoms with E-state index in [0.29, 0.717) is 0 Å². The van der Waals surface area contributed by atoms with Gasteiger partial charge in [-0.3, -0.25) is 0 Å². The summed E-state index contributed by atoms with van der Waals surface area (Å²) >= 11 is 4.48. The first-order chi connectivity index (χ1) is 3.31. The van der Waals surface area contributed by atoms with Crippen LogP contribution in [0.3, 0.4) is 0 Å². The van der Waals surface area contributed by atoms with Crippen molar-refractivity contribution in [3.8, 4) is 0 Å². The van der Waals surface area contributed by atoms with Crippen LogP contribution in [0.15, 0.2) is 0 Å². The highest BCUT2D eigenvalue weighted by molar-refractivity contribution is 7.78. The van der Waals surface area contributed by atoms with Crippen LogP contribution in [0.4, 0.5) is 0 Å². The van der Waals surface area contributed by atoms with Crippen LogP contribution in [0.25, 0.3) is 0 Å². The van der Waals surface area contributed by atoms with Crippen molar-refractivity contribution in [2.75, 3.05) is 14.1 Å². The summed E-state index contributed by atoms with van der Waals surface area (Å²) in [6, 6.07) is 0. The third-order valence-corrected chi connectivity index (χ3v) is 0.687. The highest BCUT2D eigenvalue weighted by Gasteiger charge is 1.80. The number of hydrogen-bond donors (Lipinski definition) is 2. The molecule has 0 aromatic heterocycles. The Morgan fingerprint density at radius 2 is 2.29 bits per heavy atom. The number of nitrogens with zero attached hydrogens (tertiary/aromatic N) is 1. The zero-order valence-corrected chi connectivity index (χ0v) is 5.25. The fourth-order valence-corrected chi connectivity index (χ4v) is 0.302. The average molecular weight is 119 g/mol. The molecule has 3 nitrogen and oxygen atoms in total. The Hall–Kier alpha value is -0.190. The molecule has 4 heteroatoms. The SMILES string of the molecule is CNN(C)NC=S. The Balaban J connectivity index is 2.98. The second kappa shape index (κ2) is 3.98. The van der Waals surface area contributed by atoms with Crippen LogP contribution < -0.4 is 10.9 Å². The zero-order valence-electron chi connectivity index (χ0n) is 4.43. The molecule has 0 aromatic carbocycles. The monoisotopic (exact) mass is 119 g/mol. The molecule has 2 N–H and O–H groups in total. The van der Waals surface area contributed by atoms with E-state index in [0.717, 1.165) is 0 Å². The fourth-order valence-electron chi connectivity index (χ4n) is 0.144. The molecular weight excluding hydrogens is 110 g/mol. The molecule has 0 fully saturated rings. The van der Waals surface area contributed by atoms with Gasteiger partial charge in [0.05, 0.1) is 5.49 Å². The predicted octanol–water partition coefficient (Wildman–Crippen LogP) is -0.486. The van der Waals surface area contributed by atoms with Gasteiger partial charge in [-0.2, -0.15) is 5.12 Å². The topological polar surface area (TPSA) is 27.3 Å². The van der Waals surface area contributed by atoms with Crippen LogP contribution in [0, 0.1) is 0 Å². The Morgan fingerprint density at radius 1 is 1.71 bits per heavy atom. The maximum atomic E-state index is 4.48. The number of hydrazine groups is 2.